The van der Waals surface area contributed by atoms with E-state index in [0.717, 1.165) is 15.4 Å². The standard InChI is InChI=1S/C33H35N3O6S/c1-34-33(38)29(21-25-13-7-4-8-14-25)35(23-26-15-9-5-10-16-26)32(37)24-36(43(39,40)28-17-11-6-12-18-28)27-19-20-30(41-2)31(22-27)42-3/h4-20,22,29H,21,23-24H2,1-3H3,(H,34,38)/t29-/m0/s1. The third-order valence-corrected chi connectivity index (χ3v) is 8.77. The maximum atomic E-state index is 14.3. The van der Waals surface area contributed by atoms with Crippen LogP contribution in [-0.2, 0) is 32.6 Å². The summed E-state index contributed by atoms with van der Waals surface area (Å²) in [6, 6.07) is 30.3. The number of likely N-dealkylation sites (N-methyl/N-ethyl adjacent to an activating group) is 1. The van der Waals surface area contributed by atoms with Crippen LogP contribution in [0.25, 0.3) is 0 Å². The van der Waals surface area contributed by atoms with Gasteiger partial charge < -0.3 is 19.7 Å². The first kappa shape index (κ1) is 31.1. The Hall–Kier alpha value is -4.83. The van der Waals surface area contributed by atoms with E-state index in [9.17, 15) is 18.0 Å². The molecule has 1 N–H and O–H groups in total. The monoisotopic (exact) mass is 601 g/mol. The largest absolute Gasteiger partial charge is 0.493 e. The minimum absolute atomic E-state index is 0.0133. The first-order chi connectivity index (χ1) is 20.8. The first-order valence-electron chi connectivity index (χ1n) is 13.7. The number of hydrogen-bond donors (Lipinski definition) is 1. The minimum atomic E-state index is -4.22. The fraction of sp³-hybridized carbons (Fsp3) is 0.212. The van der Waals surface area contributed by atoms with Gasteiger partial charge in [0.25, 0.3) is 10.0 Å². The molecule has 9 nitrogen and oxygen atoms in total. The zero-order valence-electron chi connectivity index (χ0n) is 24.3. The molecule has 4 aromatic carbocycles. The lowest BCUT2D eigenvalue weighted by Gasteiger charge is -2.33. The average Bonchev–Trinajstić information content (AvgIpc) is 3.05. The summed E-state index contributed by atoms with van der Waals surface area (Å²) in [5, 5.41) is 2.68. The van der Waals surface area contributed by atoms with E-state index < -0.39 is 28.5 Å². The fourth-order valence-electron chi connectivity index (χ4n) is 4.73. The highest BCUT2D eigenvalue weighted by Gasteiger charge is 2.34. The van der Waals surface area contributed by atoms with Crippen LogP contribution in [0, 0.1) is 0 Å². The van der Waals surface area contributed by atoms with E-state index in [0.29, 0.717) is 11.5 Å². The van der Waals surface area contributed by atoms with Crippen LogP contribution >= 0.6 is 0 Å². The molecule has 0 fully saturated rings. The molecule has 0 aliphatic heterocycles. The first-order valence-corrected chi connectivity index (χ1v) is 15.1. The minimum Gasteiger partial charge on any atom is -0.493 e. The number of amides is 2. The molecule has 0 unspecified atom stereocenters. The molecule has 2 amide bonds. The lowest BCUT2D eigenvalue weighted by Crippen LogP contribution is -2.53. The van der Waals surface area contributed by atoms with Crippen molar-refractivity contribution in [2.24, 2.45) is 0 Å². The van der Waals surface area contributed by atoms with Gasteiger partial charge >= 0.3 is 0 Å². The highest BCUT2D eigenvalue weighted by molar-refractivity contribution is 7.92. The lowest BCUT2D eigenvalue weighted by atomic mass is 10.0. The summed E-state index contributed by atoms with van der Waals surface area (Å²) in [6.07, 6.45) is 0.237. The Kier molecular flexibility index (Phi) is 10.4. The van der Waals surface area contributed by atoms with Crippen molar-refractivity contribution in [2.75, 3.05) is 32.1 Å². The van der Waals surface area contributed by atoms with Crippen molar-refractivity contribution in [3.63, 3.8) is 0 Å². The zero-order chi connectivity index (χ0) is 30.8. The molecular weight excluding hydrogens is 566 g/mol. The van der Waals surface area contributed by atoms with Crippen LogP contribution in [0.1, 0.15) is 11.1 Å². The maximum Gasteiger partial charge on any atom is 0.264 e. The molecule has 4 aromatic rings. The van der Waals surface area contributed by atoms with Gasteiger partial charge in [-0.05, 0) is 35.4 Å². The molecule has 1 atom stereocenters. The Labute approximate surface area is 252 Å². The van der Waals surface area contributed by atoms with Crippen LogP contribution in [0.4, 0.5) is 5.69 Å². The summed E-state index contributed by atoms with van der Waals surface area (Å²) in [5.74, 6) is -0.212. The number of methoxy groups -OCH3 is 2. The van der Waals surface area contributed by atoms with Crippen molar-refractivity contribution in [2.45, 2.75) is 23.9 Å². The lowest BCUT2D eigenvalue weighted by molar-refractivity contribution is -0.139. The average molecular weight is 602 g/mol. The van der Waals surface area contributed by atoms with E-state index in [-0.39, 0.29) is 29.5 Å². The van der Waals surface area contributed by atoms with Gasteiger partial charge in [0.05, 0.1) is 24.8 Å². The van der Waals surface area contributed by atoms with Crippen LogP contribution in [-0.4, -0.2) is 59.0 Å². The Morgan fingerprint density at radius 3 is 1.88 bits per heavy atom. The quantitative estimate of drug-likeness (QED) is 0.245. The molecule has 0 aliphatic rings. The summed E-state index contributed by atoms with van der Waals surface area (Å²) in [4.78, 5) is 29.1. The second-order valence-corrected chi connectivity index (χ2v) is 11.6. The predicted molar refractivity (Wildman–Crippen MR) is 166 cm³/mol. The molecule has 43 heavy (non-hydrogen) atoms. The Morgan fingerprint density at radius 2 is 1.33 bits per heavy atom. The molecule has 0 saturated carbocycles. The molecule has 0 saturated heterocycles. The topological polar surface area (TPSA) is 105 Å². The molecule has 0 aliphatic carbocycles. The van der Waals surface area contributed by atoms with E-state index >= 15 is 0 Å². The van der Waals surface area contributed by atoms with Crippen LogP contribution in [0.15, 0.2) is 114 Å². The van der Waals surface area contributed by atoms with E-state index in [1.54, 1.807) is 30.3 Å². The highest BCUT2D eigenvalue weighted by atomic mass is 32.2. The number of benzene rings is 4. The summed E-state index contributed by atoms with van der Waals surface area (Å²) >= 11 is 0. The summed E-state index contributed by atoms with van der Waals surface area (Å²) in [6.45, 7) is -0.475. The van der Waals surface area contributed by atoms with Gasteiger partial charge in [-0.2, -0.15) is 0 Å². The van der Waals surface area contributed by atoms with E-state index in [1.165, 1.54) is 44.4 Å². The molecule has 0 heterocycles. The Morgan fingerprint density at radius 1 is 0.767 bits per heavy atom. The van der Waals surface area contributed by atoms with Crippen molar-refractivity contribution >= 4 is 27.5 Å². The molecule has 0 bridgehead atoms. The molecule has 224 valence electrons. The van der Waals surface area contributed by atoms with Gasteiger partial charge in [0, 0.05) is 26.1 Å². The molecule has 0 spiro atoms. The van der Waals surface area contributed by atoms with Crippen molar-refractivity contribution in [3.8, 4) is 11.5 Å². The smallest absolute Gasteiger partial charge is 0.264 e. The normalized spacial score (nSPS) is 11.7. The summed E-state index contributed by atoms with van der Waals surface area (Å²) < 4.78 is 39.9. The van der Waals surface area contributed by atoms with Gasteiger partial charge in [-0.1, -0.05) is 78.9 Å². The predicted octanol–water partition coefficient (Wildman–Crippen LogP) is 4.29. The van der Waals surface area contributed by atoms with E-state index in [4.69, 9.17) is 9.47 Å². The van der Waals surface area contributed by atoms with E-state index in [2.05, 4.69) is 5.32 Å². The van der Waals surface area contributed by atoms with Gasteiger partial charge in [0.1, 0.15) is 12.6 Å². The van der Waals surface area contributed by atoms with Gasteiger partial charge in [-0.25, -0.2) is 8.42 Å². The zero-order valence-corrected chi connectivity index (χ0v) is 25.2. The third kappa shape index (κ3) is 7.52. The molecule has 0 aromatic heterocycles. The highest BCUT2D eigenvalue weighted by Crippen LogP contribution is 2.34. The van der Waals surface area contributed by atoms with Gasteiger partial charge in [-0.15, -0.1) is 0 Å². The van der Waals surface area contributed by atoms with E-state index in [1.807, 2.05) is 60.7 Å². The van der Waals surface area contributed by atoms with Crippen LogP contribution in [0.3, 0.4) is 0 Å². The summed E-state index contributed by atoms with van der Waals surface area (Å²) in [5.41, 5.74) is 1.85. The van der Waals surface area contributed by atoms with Crippen molar-refractivity contribution in [1.82, 2.24) is 10.2 Å². The van der Waals surface area contributed by atoms with Gasteiger partial charge in [0.2, 0.25) is 11.8 Å². The number of carbonyl (C=O) groups excluding carboxylic acids is 2. The molecule has 0 radical (unpaired) electrons. The number of anilines is 1. The fourth-order valence-corrected chi connectivity index (χ4v) is 6.16. The van der Waals surface area contributed by atoms with Crippen molar-refractivity contribution < 1.29 is 27.5 Å². The second kappa shape index (κ2) is 14.4. The number of nitrogens with one attached hydrogen (secondary N) is 1. The number of rotatable bonds is 13. The number of carbonyl (C=O) groups is 2. The Bertz CT molecular complexity index is 1620. The Balaban J connectivity index is 1.80. The van der Waals surface area contributed by atoms with Crippen LogP contribution in [0.2, 0.25) is 0 Å². The maximum absolute atomic E-state index is 14.3. The van der Waals surface area contributed by atoms with Gasteiger partial charge in [0.15, 0.2) is 11.5 Å². The number of sulfonamides is 1. The van der Waals surface area contributed by atoms with Crippen molar-refractivity contribution in [3.05, 3.63) is 120 Å². The van der Waals surface area contributed by atoms with Crippen LogP contribution in [0.5, 0.6) is 11.5 Å². The third-order valence-electron chi connectivity index (χ3n) is 6.98. The summed E-state index contributed by atoms with van der Waals surface area (Å²) in [7, 11) is 0.219. The molecule has 10 heteroatoms. The SMILES string of the molecule is CNC(=O)[C@H](Cc1ccccc1)N(Cc1ccccc1)C(=O)CN(c1ccc(OC)c(OC)c1)S(=O)(=O)c1ccccc1. The number of hydrogen-bond acceptors (Lipinski definition) is 6. The van der Waals surface area contributed by atoms with Crippen molar-refractivity contribution in [1.29, 1.82) is 0 Å². The number of ether oxygens (including phenoxy) is 2. The van der Waals surface area contributed by atoms with Gasteiger partial charge in [-0.3, -0.25) is 13.9 Å². The molecule has 4 rings (SSSR count). The van der Waals surface area contributed by atoms with Crippen LogP contribution < -0.4 is 19.1 Å². The molecular formula is C33H35N3O6S. The second-order valence-electron chi connectivity index (χ2n) is 9.69. The number of nitrogens with zero attached hydrogens (tertiary/aromatic N) is 2.